The maximum absolute atomic E-state index is 11.5. The van der Waals surface area contributed by atoms with Crippen molar-refractivity contribution in [3.63, 3.8) is 0 Å². The number of carboxylic acids is 1. The Labute approximate surface area is 121 Å². The molecule has 21 heavy (non-hydrogen) atoms. The van der Waals surface area contributed by atoms with Gasteiger partial charge >= 0.3 is 5.97 Å². The molecule has 5 nitrogen and oxygen atoms in total. The summed E-state index contributed by atoms with van der Waals surface area (Å²) in [5.74, 6) is 0.198. The zero-order valence-electron chi connectivity index (χ0n) is 11.2. The van der Waals surface area contributed by atoms with Gasteiger partial charge in [0.2, 0.25) is 0 Å². The normalized spacial score (nSPS) is 13.8. The molecule has 0 saturated heterocycles. The third-order valence-electron chi connectivity index (χ3n) is 3.08. The number of hydrogen-bond donors (Lipinski definition) is 1. The van der Waals surface area contributed by atoms with Crippen molar-refractivity contribution in [2.45, 2.75) is 0 Å². The molecule has 1 aliphatic heterocycles. The highest BCUT2D eigenvalue weighted by Gasteiger charge is 2.16. The average Bonchev–Trinajstić information content (AvgIpc) is 2.53. The molecule has 1 aromatic carbocycles. The van der Waals surface area contributed by atoms with E-state index < -0.39 is 5.97 Å². The summed E-state index contributed by atoms with van der Waals surface area (Å²) >= 11 is 0. The van der Waals surface area contributed by atoms with Crippen LogP contribution in [0.1, 0.15) is 11.1 Å². The van der Waals surface area contributed by atoms with Gasteiger partial charge in [0, 0.05) is 12.4 Å². The monoisotopic (exact) mass is 283 g/mol. The van der Waals surface area contributed by atoms with Crippen molar-refractivity contribution in [3.8, 4) is 11.5 Å². The van der Waals surface area contributed by atoms with E-state index in [9.17, 15) is 9.90 Å². The lowest BCUT2D eigenvalue weighted by Gasteiger charge is -2.19. The summed E-state index contributed by atoms with van der Waals surface area (Å²) < 4.78 is 10.9. The van der Waals surface area contributed by atoms with Crippen LogP contribution in [0, 0.1) is 0 Å². The SMILES string of the molecule is O=C(O)/C(=C\c1cccnc1)c1ccc2c(c1)OCCO2. The maximum Gasteiger partial charge on any atom is 0.336 e. The molecule has 0 saturated carbocycles. The van der Waals surface area contributed by atoms with Crippen molar-refractivity contribution in [1.82, 2.24) is 4.98 Å². The van der Waals surface area contributed by atoms with Crippen molar-refractivity contribution >= 4 is 17.6 Å². The summed E-state index contributed by atoms with van der Waals surface area (Å²) in [6.45, 7) is 0.967. The first-order valence-corrected chi connectivity index (χ1v) is 6.49. The third-order valence-corrected chi connectivity index (χ3v) is 3.08. The Balaban J connectivity index is 2.02. The molecule has 1 N–H and O–H groups in total. The minimum Gasteiger partial charge on any atom is -0.486 e. The summed E-state index contributed by atoms with van der Waals surface area (Å²) in [6, 6.07) is 8.68. The minimum atomic E-state index is -1.00. The predicted octanol–water partition coefficient (Wildman–Crippen LogP) is 2.48. The van der Waals surface area contributed by atoms with Crippen LogP contribution in [0.25, 0.3) is 11.6 Å². The Hall–Kier alpha value is -2.82. The smallest absolute Gasteiger partial charge is 0.336 e. The van der Waals surface area contributed by atoms with Crippen LogP contribution in [0.2, 0.25) is 0 Å². The van der Waals surface area contributed by atoms with E-state index in [2.05, 4.69) is 4.98 Å². The fourth-order valence-corrected chi connectivity index (χ4v) is 2.11. The van der Waals surface area contributed by atoms with E-state index in [1.807, 2.05) is 0 Å². The quantitative estimate of drug-likeness (QED) is 0.876. The number of fused-ring (bicyclic) bond motifs is 1. The van der Waals surface area contributed by atoms with E-state index in [0.717, 1.165) is 5.56 Å². The molecular weight excluding hydrogens is 270 g/mol. The van der Waals surface area contributed by atoms with Crippen LogP contribution in [-0.2, 0) is 4.79 Å². The summed E-state index contributed by atoms with van der Waals surface area (Å²) in [7, 11) is 0. The molecule has 0 amide bonds. The Kier molecular flexibility index (Phi) is 3.55. The molecule has 0 aliphatic carbocycles. The summed E-state index contributed by atoms with van der Waals surface area (Å²) in [6.07, 6.45) is 4.84. The molecule has 0 spiro atoms. The van der Waals surface area contributed by atoms with Gasteiger partial charge in [0.05, 0.1) is 5.57 Å². The van der Waals surface area contributed by atoms with Crippen LogP contribution in [0.5, 0.6) is 11.5 Å². The zero-order valence-corrected chi connectivity index (χ0v) is 11.2. The number of aliphatic carboxylic acids is 1. The molecule has 0 fully saturated rings. The van der Waals surface area contributed by atoms with Crippen LogP contribution in [-0.4, -0.2) is 29.3 Å². The molecule has 0 atom stereocenters. The molecule has 0 unspecified atom stereocenters. The molecule has 2 aromatic rings. The van der Waals surface area contributed by atoms with E-state index in [1.54, 1.807) is 48.8 Å². The highest BCUT2D eigenvalue weighted by Crippen LogP contribution is 2.33. The number of benzene rings is 1. The molecule has 5 heteroatoms. The molecule has 0 radical (unpaired) electrons. The largest absolute Gasteiger partial charge is 0.486 e. The van der Waals surface area contributed by atoms with Gasteiger partial charge in [-0.25, -0.2) is 4.79 Å². The van der Waals surface area contributed by atoms with Crippen LogP contribution in [0.3, 0.4) is 0 Å². The van der Waals surface area contributed by atoms with Gasteiger partial charge in [0.1, 0.15) is 13.2 Å². The topological polar surface area (TPSA) is 68.7 Å². The molecular formula is C16H13NO4. The van der Waals surface area contributed by atoms with Gasteiger partial charge in [0.15, 0.2) is 11.5 Å². The highest BCUT2D eigenvalue weighted by molar-refractivity contribution is 6.20. The van der Waals surface area contributed by atoms with Crippen molar-refractivity contribution in [2.24, 2.45) is 0 Å². The summed E-state index contributed by atoms with van der Waals surface area (Å²) in [5, 5.41) is 9.43. The van der Waals surface area contributed by atoms with Crippen LogP contribution in [0.4, 0.5) is 0 Å². The number of aromatic nitrogens is 1. The van der Waals surface area contributed by atoms with Gasteiger partial charge in [0.25, 0.3) is 0 Å². The zero-order chi connectivity index (χ0) is 14.7. The fraction of sp³-hybridized carbons (Fsp3) is 0.125. The average molecular weight is 283 g/mol. The van der Waals surface area contributed by atoms with Crippen LogP contribution in [0.15, 0.2) is 42.7 Å². The second-order valence-electron chi connectivity index (χ2n) is 4.51. The van der Waals surface area contributed by atoms with Crippen molar-refractivity contribution < 1.29 is 19.4 Å². The number of rotatable bonds is 3. The first-order chi connectivity index (χ1) is 10.2. The number of ether oxygens (including phenoxy) is 2. The lowest BCUT2D eigenvalue weighted by Crippen LogP contribution is -2.15. The van der Waals surface area contributed by atoms with E-state index in [4.69, 9.17) is 9.47 Å². The van der Waals surface area contributed by atoms with Gasteiger partial charge in [-0.15, -0.1) is 0 Å². The Bertz CT molecular complexity index is 695. The Morgan fingerprint density at radius 1 is 1.19 bits per heavy atom. The van der Waals surface area contributed by atoms with Gasteiger partial charge in [-0.3, -0.25) is 4.98 Å². The first-order valence-electron chi connectivity index (χ1n) is 6.49. The molecule has 3 rings (SSSR count). The van der Waals surface area contributed by atoms with Crippen molar-refractivity contribution in [1.29, 1.82) is 0 Å². The first kappa shape index (κ1) is 13.2. The third kappa shape index (κ3) is 2.86. The van der Waals surface area contributed by atoms with Gasteiger partial charge in [-0.2, -0.15) is 0 Å². The lowest BCUT2D eigenvalue weighted by molar-refractivity contribution is -0.130. The van der Waals surface area contributed by atoms with Gasteiger partial charge in [-0.1, -0.05) is 12.1 Å². The second kappa shape index (κ2) is 5.66. The minimum absolute atomic E-state index is 0.181. The summed E-state index contributed by atoms with van der Waals surface area (Å²) in [5.41, 5.74) is 1.47. The van der Waals surface area contributed by atoms with E-state index in [1.165, 1.54) is 0 Å². The van der Waals surface area contributed by atoms with Gasteiger partial charge in [-0.05, 0) is 35.4 Å². The Morgan fingerprint density at radius 2 is 2.00 bits per heavy atom. The highest BCUT2D eigenvalue weighted by atomic mass is 16.6. The number of pyridine rings is 1. The summed E-state index contributed by atoms with van der Waals surface area (Å²) in [4.78, 5) is 15.5. The predicted molar refractivity (Wildman–Crippen MR) is 77.2 cm³/mol. The van der Waals surface area contributed by atoms with Crippen molar-refractivity contribution in [3.05, 3.63) is 53.9 Å². The number of nitrogens with zero attached hydrogens (tertiary/aromatic N) is 1. The van der Waals surface area contributed by atoms with Crippen LogP contribution < -0.4 is 9.47 Å². The fourth-order valence-electron chi connectivity index (χ4n) is 2.11. The van der Waals surface area contributed by atoms with E-state index in [-0.39, 0.29) is 5.57 Å². The van der Waals surface area contributed by atoms with Crippen LogP contribution >= 0.6 is 0 Å². The number of carbonyl (C=O) groups is 1. The maximum atomic E-state index is 11.5. The van der Waals surface area contributed by atoms with E-state index >= 15 is 0 Å². The van der Waals surface area contributed by atoms with Gasteiger partial charge < -0.3 is 14.6 Å². The number of hydrogen-bond acceptors (Lipinski definition) is 4. The molecule has 1 aromatic heterocycles. The number of carboxylic acid groups (broad SMARTS) is 1. The molecule has 0 bridgehead atoms. The lowest BCUT2D eigenvalue weighted by atomic mass is 10.0. The molecule has 2 heterocycles. The second-order valence-corrected chi connectivity index (χ2v) is 4.51. The molecule has 106 valence electrons. The van der Waals surface area contributed by atoms with E-state index in [0.29, 0.717) is 30.3 Å². The molecule has 1 aliphatic rings. The Morgan fingerprint density at radius 3 is 2.71 bits per heavy atom. The van der Waals surface area contributed by atoms with Crippen molar-refractivity contribution in [2.75, 3.05) is 13.2 Å². The standard InChI is InChI=1S/C16H13NO4/c18-16(19)13(8-11-2-1-5-17-10-11)12-3-4-14-15(9-12)21-7-6-20-14/h1-5,8-10H,6-7H2,(H,18,19)/b13-8-.